The van der Waals surface area contributed by atoms with Crippen LogP contribution in [-0.2, 0) is 19.5 Å². The molecule has 0 saturated carbocycles. The fourth-order valence-corrected chi connectivity index (χ4v) is 3.07. The second kappa shape index (κ2) is 7.06. The SMILES string of the molecule is CCc1cc(CN2CCCC(CNC)C2)n(CC)n1. The van der Waals surface area contributed by atoms with E-state index >= 15 is 0 Å². The van der Waals surface area contributed by atoms with E-state index < -0.39 is 0 Å². The third kappa shape index (κ3) is 3.80. The lowest BCUT2D eigenvalue weighted by atomic mass is 9.98. The molecular formula is C15H28N4. The van der Waals surface area contributed by atoms with Crippen LogP contribution < -0.4 is 5.32 Å². The fourth-order valence-electron chi connectivity index (χ4n) is 3.07. The van der Waals surface area contributed by atoms with Crippen LogP contribution in [0.25, 0.3) is 0 Å². The summed E-state index contributed by atoms with van der Waals surface area (Å²) >= 11 is 0. The molecule has 0 aromatic carbocycles. The molecule has 1 aliphatic heterocycles. The second-order valence-corrected chi connectivity index (χ2v) is 5.60. The number of rotatable bonds is 6. The van der Waals surface area contributed by atoms with Gasteiger partial charge in [-0.15, -0.1) is 0 Å². The van der Waals surface area contributed by atoms with E-state index in [-0.39, 0.29) is 0 Å². The highest BCUT2D eigenvalue weighted by Gasteiger charge is 2.20. The quantitative estimate of drug-likeness (QED) is 0.852. The van der Waals surface area contributed by atoms with Gasteiger partial charge in [-0.2, -0.15) is 5.10 Å². The third-order valence-corrected chi connectivity index (χ3v) is 4.06. The summed E-state index contributed by atoms with van der Waals surface area (Å²) in [5, 5.41) is 7.96. The van der Waals surface area contributed by atoms with E-state index in [0.717, 1.165) is 32.0 Å². The minimum absolute atomic E-state index is 0.808. The smallest absolute Gasteiger partial charge is 0.0625 e. The number of hydrogen-bond acceptors (Lipinski definition) is 3. The van der Waals surface area contributed by atoms with Crippen LogP contribution in [0.5, 0.6) is 0 Å². The molecule has 0 aliphatic carbocycles. The van der Waals surface area contributed by atoms with E-state index in [0.29, 0.717) is 0 Å². The van der Waals surface area contributed by atoms with Crippen molar-refractivity contribution in [1.82, 2.24) is 20.0 Å². The van der Waals surface area contributed by atoms with E-state index in [9.17, 15) is 0 Å². The van der Waals surface area contributed by atoms with Gasteiger partial charge in [-0.1, -0.05) is 6.92 Å². The molecule has 4 nitrogen and oxygen atoms in total. The number of likely N-dealkylation sites (tertiary alicyclic amines) is 1. The number of nitrogens with one attached hydrogen (secondary N) is 1. The van der Waals surface area contributed by atoms with Gasteiger partial charge in [0.15, 0.2) is 0 Å². The van der Waals surface area contributed by atoms with Gasteiger partial charge in [-0.3, -0.25) is 9.58 Å². The number of hydrogen-bond donors (Lipinski definition) is 1. The Morgan fingerprint density at radius 2 is 2.26 bits per heavy atom. The lowest BCUT2D eigenvalue weighted by Gasteiger charge is -2.32. The summed E-state index contributed by atoms with van der Waals surface area (Å²) in [6.45, 7) is 9.98. The zero-order chi connectivity index (χ0) is 13.7. The molecule has 0 spiro atoms. The molecular weight excluding hydrogens is 236 g/mol. The van der Waals surface area contributed by atoms with Gasteiger partial charge >= 0.3 is 0 Å². The van der Waals surface area contributed by atoms with Crippen molar-refractivity contribution >= 4 is 0 Å². The Kier molecular flexibility index (Phi) is 5.40. The Bertz CT molecular complexity index is 383. The van der Waals surface area contributed by atoms with Gasteiger partial charge in [-0.05, 0) is 58.3 Å². The highest BCUT2D eigenvalue weighted by molar-refractivity contribution is 5.10. The molecule has 2 rings (SSSR count). The first-order valence-corrected chi connectivity index (χ1v) is 7.69. The van der Waals surface area contributed by atoms with Crippen molar-refractivity contribution in [3.05, 3.63) is 17.5 Å². The summed E-state index contributed by atoms with van der Waals surface area (Å²) in [5.74, 6) is 0.808. The van der Waals surface area contributed by atoms with Gasteiger partial charge in [0.05, 0.1) is 11.4 Å². The molecule has 1 aromatic rings. The van der Waals surface area contributed by atoms with Crippen LogP contribution in [-0.4, -0.2) is 41.4 Å². The first kappa shape index (κ1) is 14.5. The van der Waals surface area contributed by atoms with E-state index in [1.165, 1.54) is 37.3 Å². The summed E-state index contributed by atoms with van der Waals surface area (Å²) in [4.78, 5) is 2.59. The van der Waals surface area contributed by atoms with Gasteiger partial charge in [0.2, 0.25) is 0 Å². The van der Waals surface area contributed by atoms with Gasteiger partial charge in [-0.25, -0.2) is 0 Å². The topological polar surface area (TPSA) is 33.1 Å². The Morgan fingerprint density at radius 1 is 1.42 bits per heavy atom. The molecule has 0 bridgehead atoms. The van der Waals surface area contributed by atoms with Crippen molar-refractivity contribution in [2.45, 2.75) is 46.2 Å². The van der Waals surface area contributed by atoms with E-state index in [2.05, 4.69) is 47.0 Å². The fraction of sp³-hybridized carbons (Fsp3) is 0.800. The second-order valence-electron chi connectivity index (χ2n) is 5.60. The molecule has 1 saturated heterocycles. The van der Waals surface area contributed by atoms with Crippen LogP contribution in [0.15, 0.2) is 6.07 Å². The first-order chi connectivity index (χ1) is 9.26. The van der Waals surface area contributed by atoms with Crippen LogP contribution in [0.1, 0.15) is 38.1 Å². The Labute approximate surface area is 117 Å². The largest absolute Gasteiger partial charge is 0.319 e. The third-order valence-electron chi connectivity index (χ3n) is 4.06. The summed E-state index contributed by atoms with van der Waals surface area (Å²) in [6.07, 6.45) is 3.72. The zero-order valence-corrected chi connectivity index (χ0v) is 12.7. The Balaban J connectivity index is 1.97. The maximum absolute atomic E-state index is 4.65. The number of piperidine rings is 1. The van der Waals surface area contributed by atoms with Crippen molar-refractivity contribution < 1.29 is 0 Å². The number of nitrogens with zero attached hydrogens (tertiary/aromatic N) is 3. The van der Waals surface area contributed by atoms with Crippen LogP contribution in [0, 0.1) is 5.92 Å². The molecule has 0 radical (unpaired) electrons. The van der Waals surface area contributed by atoms with E-state index in [1.807, 2.05) is 0 Å². The molecule has 1 fully saturated rings. The Morgan fingerprint density at radius 3 is 2.95 bits per heavy atom. The lowest BCUT2D eigenvalue weighted by Crippen LogP contribution is -2.38. The van der Waals surface area contributed by atoms with Crippen LogP contribution in [0.3, 0.4) is 0 Å². The summed E-state index contributed by atoms with van der Waals surface area (Å²) in [5.41, 5.74) is 2.60. The minimum atomic E-state index is 0.808. The summed E-state index contributed by atoms with van der Waals surface area (Å²) in [7, 11) is 2.05. The van der Waals surface area contributed by atoms with Crippen molar-refractivity contribution in [3.63, 3.8) is 0 Å². The van der Waals surface area contributed by atoms with E-state index in [4.69, 9.17) is 0 Å². The molecule has 19 heavy (non-hydrogen) atoms. The van der Waals surface area contributed by atoms with Gasteiger partial charge < -0.3 is 5.32 Å². The van der Waals surface area contributed by atoms with E-state index in [1.54, 1.807) is 0 Å². The average molecular weight is 264 g/mol. The monoisotopic (exact) mass is 264 g/mol. The molecule has 1 N–H and O–H groups in total. The van der Waals surface area contributed by atoms with Crippen LogP contribution in [0.4, 0.5) is 0 Å². The van der Waals surface area contributed by atoms with Gasteiger partial charge in [0, 0.05) is 19.6 Å². The molecule has 1 aliphatic rings. The summed E-state index contributed by atoms with van der Waals surface area (Å²) in [6, 6.07) is 2.28. The molecule has 1 aromatic heterocycles. The Hall–Kier alpha value is -0.870. The predicted molar refractivity (Wildman–Crippen MR) is 79.2 cm³/mol. The molecule has 1 atom stereocenters. The first-order valence-electron chi connectivity index (χ1n) is 7.69. The number of aryl methyl sites for hydroxylation is 2. The van der Waals surface area contributed by atoms with Crippen LogP contribution >= 0.6 is 0 Å². The van der Waals surface area contributed by atoms with Gasteiger partial charge in [0.25, 0.3) is 0 Å². The standard InChI is InChI=1S/C15H28N4/c1-4-14-9-15(19(5-2)17-14)12-18-8-6-7-13(11-18)10-16-3/h9,13,16H,4-8,10-12H2,1-3H3. The lowest BCUT2D eigenvalue weighted by molar-refractivity contribution is 0.163. The number of aromatic nitrogens is 2. The molecule has 108 valence electrons. The maximum Gasteiger partial charge on any atom is 0.0625 e. The molecule has 4 heteroatoms. The normalized spacial score (nSPS) is 20.9. The van der Waals surface area contributed by atoms with Crippen molar-refractivity contribution in [2.75, 3.05) is 26.7 Å². The summed E-state index contributed by atoms with van der Waals surface area (Å²) < 4.78 is 2.17. The zero-order valence-electron chi connectivity index (χ0n) is 12.7. The van der Waals surface area contributed by atoms with Crippen molar-refractivity contribution in [3.8, 4) is 0 Å². The molecule has 2 heterocycles. The van der Waals surface area contributed by atoms with Crippen molar-refractivity contribution in [2.24, 2.45) is 5.92 Å². The highest BCUT2D eigenvalue weighted by atomic mass is 15.3. The van der Waals surface area contributed by atoms with Crippen molar-refractivity contribution in [1.29, 1.82) is 0 Å². The van der Waals surface area contributed by atoms with Crippen LogP contribution in [0.2, 0.25) is 0 Å². The predicted octanol–water partition coefficient (Wildman–Crippen LogP) is 1.90. The maximum atomic E-state index is 4.65. The minimum Gasteiger partial charge on any atom is -0.319 e. The molecule has 0 amide bonds. The molecule has 1 unspecified atom stereocenters. The highest BCUT2D eigenvalue weighted by Crippen LogP contribution is 2.18. The van der Waals surface area contributed by atoms with Gasteiger partial charge in [0.1, 0.15) is 0 Å². The average Bonchev–Trinajstić information content (AvgIpc) is 2.82.